The molecule has 2 rings (SSSR count). The zero-order valence-corrected chi connectivity index (χ0v) is 11.8. The van der Waals surface area contributed by atoms with Gasteiger partial charge in [-0.05, 0) is 57.5 Å². The smallest absolute Gasteiger partial charge is 0.322 e. The molecule has 2 N–H and O–H groups in total. The van der Waals surface area contributed by atoms with E-state index in [1.807, 2.05) is 43.0 Å². The van der Waals surface area contributed by atoms with Crippen LogP contribution in [0.25, 0.3) is 0 Å². The fraction of sp³-hybridized carbons (Fsp3) is 0.533. The molecule has 0 aliphatic carbocycles. The molecule has 4 heteroatoms. The molecule has 19 heavy (non-hydrogen) atoms. The second kappa shape index (κ2) is 6.57. The molecule has 2 amide bonds. The number of amides is 2. The van der Waals surface area contributed by atoms with Crippen LogP contribution in [-0.4, -0.2) is 36.6 Å². The molecule has 1 aromatic rings. The van der Waals surface area contributed by atoms with E-state index in [1.165, 1.54) is 0 Å². The first-order valence-electron chi connectivity index (χ1n) is 7.05. The molecule has 4 nitrogen and oxygen atoms in total. The van der Waals surface area contributed by atoms with Crippen molar-refractivity contribution in [1.29, 1.82) is 0 Å². The molecule has 0 unspecified atom stereocenters. The van der Waals surface area contributed by atoms with Gasteiger partial charge >= 0.3 is 6.03 Å². The van der Waals surface area contributed by atoms with E-state index in [9.17, 15) is 4.79 Å². The molecule has 1 heterocycles. The Morgan fingerprint density at radius 1 is 1.42 bits per heavy atom. The molecule has 1 saturated heterocycles. The Labute approximate surface area is 115 Å². The monoisotopic (exact) mass is 261 g/mol. The second-order valence-corrected chi connectivity index (χ2v) is 5.07. The van der Waals surface area contributed by atoms with Crippen molar-refractivity contribution >= 4 is 11.7 Å². The highest BCUT2D eigenvalue weighted by Gasteiger charge is 2.23. The molecule has 1 aliphatic rings. The first kappa shape index (κ1) is 13.9. The van der Waals surface area contributed by atoms with Gasteiger partial charge in [-0.25, -0.2) is 4.79 Å². The third-order valence-electron chi connectivity index (χ3n) is 3.62. The van der Waals surface area contributed by atoms with Crippen LogP contribution in [-0.2, 0) is 0 Å². The summed E-state index contributed by atoms with van der Waals surface area (Å²) in [6, 6.07) is 8.29. The third-order valence-corrected chi connectivity index (χ3v) is 3.62. The number of carbonyl (C=O) groups is 1. The predicted molar refractivity (Wildman–Crippen MR) is 78.5 cm³/mol. The van der Waals surface area contributed by atoms with E-state index in [1.54, 1.807) is 0 Å². The maximum atomic E-state index is 12.3. The van der Waals surface area contributed by atoms with E-state index < -0.39 is 0 Å². The minimum Gasteiger partial charge on any atom is -0.322 e. The lowest BCUT2D eigenvalue weighted by Gasteiger charge is -2.33. The Morgan fingerprint density at radius 2 is 2.16 bits per heavy atom. The van der Waals surface area contributed by atoms with E-state index in [0.717, 1.165) is 43.7 Å². The van der Waals surface area contributed by atoms with Gasteiger partial charge in [0.25, 0.3) is 0 Å². The number of nitrogens with zero attached hydrogens (tertiary/aromatic N) is 1. The van der Waals surface area contributed by atoms with E-state index in [4.69, 9.17) is 0 Å². The lowest BCUT2D eigenvalue weighted by Crippen LogP contribution is -2.47. The van der Waals surface area contributed by atoms with Crippen LogP contribution in [0, 0.1) is 6.92 Å². The summed E-state index contributed by atoms with van der Waals surface area (Å²) in [6.07, 6.45) is 2.07. The van der Waals surface area contributed by atoms with E-state index in [-0.39, 0.29) is 6.03 Å². The van der Waals surface area contributed by atoms with Gasteiger partial charge in [-0.15, -0.1) is 0 Å². The number of nitrogens with one attached hydrogen (secondary N) is 2. The lowest BCUT2D eigenvalue weighted by atomic mass is 10.1. The Morgan fingerprint density at radius 3 is 2.79 bits per heavy atom. The molecule has 0 radical (unpaired) electrons. The molecule has 0 bridgehead atoms. The fourth-order valence-electron chi connectivity index (χ4n) is 2.60. The minimum absolute atomic E-state index is 0.0139. The predicted octanol–water partition coefficient (Wildman–Crippen LogP) is 2.60. The van der Waals surface area contributed by atoms with Crippen molar-refractivity contribution in [2.45, 2.75) is 32.7 Å². The fourth-order valence-corrected chi connectivity index (χ4v) is 2.60. The summed E-state index contributed by atoms with van der Waals surface area (Å²) in [4.78, 5) is 14.3. The first-order chi connectivity index (χ1) is 9.20. The normalized spacial score (nSPS) is 16.1. The van der Waals surface area contributed by atoms with Gasteiger partial charge in [0.15, 0.2) is 0 Å². The molecule has 0 atom stereocenters. The van der Waals surface area contributed by atoms with Crippen molar-refractivity contribution in [1.82, 2.24) is 10.2 Å². The van der Waals surface area contributed by atoms with Crippen molar-refractivity contribution in [3.8, 4) is 0 Å². The van der Waals surface area contributed by atoms with Crippen molar-refractivity contribution < 1.29 is 4.79 Å². The maximum Gasteiger partial charge on any atom is 0.322 e. The summed E-state index contributed by atoms with van der Waals surface area (Å²) in [5.41, 5.74) is 2.03. The minimum atomic E-state index is 0.0139. The van der Waals surface area contributed by atoms with E-state index in [0.29, 0.717) is 6.04 Å². The van der Waals surface area contributed by atoms with Crippen LogP contribution < -0.4 is 10.6 Å². The van der Waals surface area contributed by atoms with E-state index >= 15 is 0 Å². The zero-order chi connectivity index (χ0) is 13.7. The number of hydrogen-bond donors (Lipinski definition) is 2. The molecule has 0 spiro atoms. The SMILES string of the molecule is CCN(C(=O)Nc1cccc(C)c1)C1CCNCC1. The first-order valence-corrected chi connectivity index (χ1v) is 7.05. The van der Waals surface area contributed by atoms with Gasteiger partial charge in [0.1, 0.15) is 0 Å². The highest BCUT2D eigenvalue weighted by molar-refractivity contribution is 5.89. The molecular weight excluding hydrogens is 238 g/mol. The van der Waals surface area contributed by atoms with Crippen LogP contribution in [0.3, 0.4) is 0 Å². The number of anilines is 1. The van der Waals surface area contributed by atoms with Crippen LogP contribution in [0.1, 0.15) is 25.3 Å². The molecular formula is C15H23N3O. The van der Waals surface area contributed by atoms with Gasteiger partial charge in [0, 0.05) is 18.3 Å². The van der Waals surface area contributed by atoms with Crippen molar-refractivity contribution in [2.24, 2.45) is 0 Å². The van der Waals surface area contributed by atoms with Gasteiger partial charge in [0.05, 0.1) is 0 Å². The Bertz CT molecular complexity index is 427. The zero-order valence-electron chi connectivity index (χ0n) is 11.8. The van der Waals surface area contributed by atoms with Gasteiger partial charge in [-0.3, -0.25) is 0 Å². The quantitative estimate of drug-likeness (QED) is 0.878. The second-order valence-electron chi connectivity index (χ2n) is 5.07. The summed E-state index contributed by atoms with van der Waals surface area (Å²) in [6.45, 7) is 6.82. The van der Waals surface area contributed by atoms with Crippen LogP contribution in [0.2, 0.25) is 0 Å². The van der Waals surface area contributed by atoms with Gasteiger partial charge < -0.3 is 15.5 Å². The molecule has 104 valence electrons. The van der Waals surface area contributed by atoms with Crippen LogP contribution in [0.15, 0.2) is 24.3 Å². The lowest BCUT2D eigenvalue weighted by molar-refractivity contribution is 0.175. The van der Waals surface area contributed by atoms with Gasteiger partial charge in [0.2, 0.25) is 0 Å². The number of rotatable bonds is 3. The summed E-state index contributed by atoms with van der Waals surface area (Å²) in [5.74, 6) is 0. The van der Waals surface area contributed by atoms with Crippen LogP contribution in [0.5, 0.6) is 0 Å². The number of aryl methyl sites for hydroxylation is 1. The highest BCUT2D eigenvalue weighted by Crippen LogP contribution is 2.15. The van der Waals surface area contributed by atoms with Crippen LogP contribution >= 0.6 is 0 Å². The van der Waals surface area contributed by atoms with Crippen molar-refractivity contribution in [3.63, 3.8) is 0 Å². The Hall–Kier alpha value is -1.55. The Balaban J connectivity index is 2.00. The van der Waals surface area contributed by atoms with Crippen molar-refractivity contribution in [3.05, 3.63) is 29.8 Å². The summed E-state index contributed by atoms with van der Waals surface area (Å²) in [7, 11) is 0. The number of hydrogen-bond acceptors (Lipinski definition) is 2. The third kappa shape index (κ3) is 3.70. The number of carbonyl (C=O) groups excluding carboxylic acids is 1. The molecule has 1 aromatic carbocycles. The molecule has 0 saturated carbocycles. The summed E-state index contributed by atoms with van der Waals surface area (Å²) in [5, 5.41) is 6.33. The average Bonchev–Trinajstić information content (AvgIpc) is 2.41. The largest absolute Gasteiger partial charge is 0.322 e. The maximum absolute atomic E-state index is 12.3. The molecule has 0 aromatic heterocycles. The standard InChI is InChI=1S/C15H23N3O/c1-3-18(14-7-9-16-10-8-14)15(19)17-13-6-4-5-12(2)11-13/h4-6,11,14,16H,3,7-10H2,1-2H3,(H,17,19). The summed E-state index contributed by atoms with van der Waals surface area (Å²) < 4.78 is 0. The van der Waals surface area contributed by atoms with Gasteiger partial charge in [-0.1, -0.05) is 12.1 Å². The number of urea groups is 1. The highest BCUT2D eigenvalue weighted by atomic mass is 16.2. The summed E-state index contributed by atoms with van der Waals surface area (Å²) >= 11 is 0. The number of benzene rings is 1. The average molecular weight is 261 g/mol. The Kier molecular flexibility index (Phi) is 4.80. The van der Waals surface area contributed by atoms with Crippen LogP contribution in [0.4, 0.5) is 10.5 Å². The topological polar surface area (TPSA) is 44.4 Å². The van der Waals surface area contributed by atoms with Gasteiger partial charge in [-0.2, -0.15) is 0 Å². The molecule has 1 fully saturated rings. The van der Waals surface area contributed by atoms with E-state index in [2.05, 4.69) is 10.6 Å². The number of piperidine rings is 1. The molecule has 1 aliphatic heterocycles. The van der Waals surface area contributed by atoms with Crippen molar-refractivity contribution in [2.75, 3.05) is 25.0 Å².